The van der Waals surface area contributed by atoms with Gasteiger partial charge in [0.15, 0.2) is 0 Å². The second-order valence-corrected chi connectivity index (χ2v) is 11.3. The van der Waals surface area contributed by atoms with Crippen LogP contribution in [0.4, 0.5) is 5.69 Å². The summed E-state index contributed by atoms with van der Waals surface area (Å²) in [6.45, 7) is 17.5. The molecule has 7 nitrogen and oxygen atoms in total. The first-order valence-corrected chi connectivity index (χ1v) is 14.8. The Morgan fingerprint density at radius 3 is 2.55 bits per heavy atom. The van der Waals surface area contributed by atoms with Crippen LogP contribution in [0.3, 0.4) is 0 Å². The van der Waals surface area contributed by atoms with E-state index in [0.717, 1.165) is 89.7 Å². The van der Waals surface area contributed by atoms with Crippen LogP contribution in [0.25, 0.3) is 27.7 Å². The van der Waals surface area contributed by atoms with Crippen molar-refractivity contribution in [3.63, 3.8) is 0 Å². The molecule has 1 aliphatic heterocycles. The number of pyridine rings is 2. The van der Waals surface area contributed by atoms with Crippen molar-refractivity contribution in [2.75, 3.05) is 31.5 Å². The number of aromatic nitrogens is 4. The lowest BCUT2D eigenvalue weighted by atomic mass is 9.98. The third kappa shape index (κ3) is 6.95. The largest absolute Gasteiger partial charge is 0.353 e. The number of piperidine rings is 1. The van der Waals surface area contributed by atoms with E-state index in [1.807, 2.05) is 18.6 Å². The number of hydrogen-bond acceptors (Lipinski definition) is 6. The highest BCUT2D eigenvalue weighted by atomic mass is 15.1. The smallest absolute Gasteiger partial charge is 0.116 e. The third-order valence-electron chi connectivity index (χ3n) is 7.84. The van der Waals surface area contributed by atoms with Crippen LogP contribution in [0.1, 0.15) is 63.4 Å². The van der Waals surface area contributed by atoms with Crippen LogP contribution in [0.5, 0.6) is 0 Å². The number of nitrogens with one attached hydrogen (secondary N) is 2. The van der Waals surface area contributed by atoms with Gasteiger partial charge in [-0.25, -0.2) is 0 Å². The summed E-state index contributed by atoms with van der Waals surface area (Å²) in [6.07, 6.45) is 10.7. The molecule has 0 spiro atoms. The first kappa shape index (κ1) is 28.0. The van der Waals surface area contributed by atoms with Crippen molar-refractivity contribution in [3.05, 3.63) is 78.5 Å². The molecule has 0 amide bonds. The minimum atomic E-state index is 0.739. The molecule has 4 aromatic rings. The Bertz CT molecular complexity index is 1390. The summed E-state index contributed by atoms with van der Waals surface area (Å²) in [6, 6.07) is 12.8. The summed E-state index contributed by atoms with van der Waals surface area (Å²) < 4.78 is 0. The van der Waals surface area contributed by atoms with Gasteiger partial charge in [0.05, 0.1) is 28.8 Å². The predicted octanol–water partition coefficient (Wildman–Crippen LogP) is 6.96. The number of benzene rings is 1. The lowest BCUT2D eigenvalue weighted by Gasteiger charge is -2.30. The molecule has 210 valence electrons. The van der Waals surface area contributed by atoms with Crippen molar-refractivity contribution in [2.45, 2.75) is 59.5 Å². The van der Waals surface area contributed by atoms with Gasteiger partial charge in [0.2, 0.25) is 0 Å². The molecule has 0 unspecified atom stereocenters. The molecule has 0 atom stereocenters. The van der Waals surface area contributed by atoms with Gasteiger partial charge in [0.25, 0.3) is 0 Å². The molecule has 1 saturated heterocycles. The summed E-state index contributed by atoms with van der Waals surface area (Å²) in [5.41, 5.74) is 8.02. The number of aromatic amines is 1. The maximum Gasteiger partial charge on any atom is 0.116 e. The van der Waals surface area contributed by atoms with Gasteiger partial charge < -0.3 is 5.32 Å². The van der Waals surface area contributed by atoms with Crippen molar-refractivity contribution in [1.29, 1.82) is 0 Å². The highest BCUT2D eigenvalue weighted by Gasteiger charge is 2.16. The Morgan fingerprint density at radius 2 is 1.82 bits per heavy atom. The Labute approximate surface area is 238 Å². The van der Waals surface area contributed by atoms with E-state index in [9.17, 15) is 0 Å². The molecule has 1 aromatic carbocycles. The van der Waals surface area contributed by atoms with Crippen molar-refractivity contribution >= 4 is 22.3 Å². The quantitative estimate of drug-likeness (QED) is 0.204. The third-order valence-corrected chi connectivity index (χ3v) is 7.84. The van der Waals surface area contributed by atoms with Crippen LogP contribution >= 0.6 is 0 Å². The van der Waals surface area contributed by atoms with Gasteiger partial charge in [-0.2, -0.15) is 5.10 Å². The SMILES string of the molecule is C=C(Nc1ccc(CN(CCC)CCC)nc1)c1n[nH]c2ccc(-c3cncc(CN4CCC(C)CC4)c3)cc12. The molecule has 0 saturated carbocycles. The molecule has 2 N–H and O–H groups in total. The van der Waals surface area contributed by atoms with Crippen LogP contribution in [0.2, 0.25) is 0 Å². The van der Waals surface area contributed by atoms with E-state index in [2.05, 4.69) is 94.0 Å². The number of H-pyrrole nitrogens is 1. The van der Waals surface area contributed by atoms with E-state index in [-0.39, 0.29) is 0 Å². The number of likely N-dealkylation sites (tertiary alicyclic amines) is 1. The summed E-state index contributed by atoms with van der Waals surface area (Å²) in [5.74, 6) is 0.837. The van der Waals surface area contributed by atoms with E-state index >= 15 is 0 Å². The zero-order valence-corrected chi connectivity index (χ0v) is 24.3. The minimum Gasteiger partial charge on any atom is -0.353 e. The second-order valence-electron chi connectivity index (χ2n) is 11.3. The summed E-state index contributed by atoms with van der Waals surface area (Å²) in [7, 11) is 0. The maximum absolute atomic E-state index is 4.70. The molecule has 40 heavy (non-hydrogen) atoms. The Hall–Kier alpha value is -3.55. The average molecular weight is 538 g/mol. The zero-order chi connectivity index (χ0) is 27.9. The molecule has 7 heteroatoms. The molecule has 1 fully saturated rings. The number of fused-ring (bicyclic) bond motifs is 1. The van der Waals surface area contributed by atoms with Crippen LogP contribution < -0.4 is 5.32 Å². The van der Waals surface area contributed by atoms with Gasteiger partial charge in [-0.3, -0.25) is 24.9 Å². The topological polar surface area (TPSA) is 73.0 Å². The Morgan fingerprint density at radius 1 is 1.02 bits per heavy atom. The Balaban J connectivity index is 1.28. The van der Waals surface area contributed by atoms with Crippen LogP contribution in [0, 0.1) is 5.92 Å². The number of hydrogen-bond donors (Lipinski definition) is 2. The lowest BCUT2D eigenvalue weighted by molar-refractivity contribution is 0.185. The molecule has 3 aromatic heterocycles. The van der Waals surface area contributed by atoms with Crippen LogP contribution in [0.15, 0.2) is 61.6 Å². The molecule has 1 aliphatic rings. The van der Waals surface area contributed by atoms with Crippen molar-refractivity contribution in [1.82, 2.24) is 30.0 Å². The number of nitrogens with zero attached hydrogens (tertiary/aromatic N) is 5. The normalized spacial score (nSPS) is 14.7. The highest BCUT2D eigenvalue weighted by Crippen LogP contribution is 2.29. The summed E-state index contributed by atoms with van der Waals surface area (Å²) >= 11 is 0. The fraction of sp³-hybridized carbons (Fsp3) is 0.424. The Kier molecular flexibility index (Phi) is 9.24. The fourth-order valence-corrected chi connectivity index (χ4v) is 5.59. The predicted molar refractivity (Wildman–Crippen MR) is 166 cm³/mol. The molecule has 4 heterocycles. The zero-order valence-electron chi connectivity index (χ0n) is 24.3. The van der Waals surface area contributed by atoms with E-state index in [1.165, 1.54) is 31.5 Å². The van der Waals surface area contributed by atoms with E-state index < -0.39 is 0 Å². The van der Waals surface area contributed by atoms with E-state index in [0.29, 0.717) is 0 Å². The first-order valence-electron chi connectivity index (χ1n) is 14.8. The number of anilines is 1. The van der Waals surface area contributed by atoms with E-state index in [4.69, 9.17) is 4.98 Å². The van der Waals surface area contributed by atoms with Crippen LogP contribution in [-0.4, -0.2) is 56.1 Å². The minimum absolute atomic E-state index is 0.739. The van der Waals surface area contributed by atoms with Gasteiger partial charge in [-0.15, -0.1) is 0 Å². The molecule has 0 radical (unpaired) electrons. The van der Waals surface area contributed by atoms with Gasteiger partial charge in [0, 0.05) is 36.4 Å². The lowest BCUT2D eigenvalue weighted by Crippen LogP contribution is -2.32. The standard InChI is InChI=1S/C33H43N7/c1-5-13-39(14-6-2)23-30-9-8-29(21-35-30)36-25(4)33-31-18-27(7-10-32(31)37-38-33)28-17-26(19-34-20-28)22-40-15-11-24(3)12-16-40/h7-10,17-21,24,36H,4-6,11-16,22-23H2,1-3H3,(H,37,38). The highest BCUT2D eigenvalue weighted by molar-refractivity contribution is 5.95. The van der Waals surface area contributed by atoms with Crippen LogP contribution in [-0.2, 0) is 13.1 Å². The monoisotopic (exact) mass is 537 g/mol. The molecule has 0 aliphatic carbocycles. The summed E-state index contributed by atoms with van der Waals surface area (Å²) in [4.78, 5) is 14.3. The second kappa shape index (κ2) is 13.2. The molecule has 5 rings (SSSR count). The molecular formula is C33H43N7. The van der Waals surface area contributed by atoms with Crippen molar-refractivity contribution in [2.24, 2.45) is 5.92 Å². The first-order chi connectivity index (χ1) is 19.5. The molecule has 0 bridgehead atoms. The van der Waals surface area contributed by atoms with Gasteiger partial charge in [-0.1, -0.05) is 33.4 Å². The molecular weight excluding hydrogens is 494 g/mol. The summed E-state index contributed by atoms with van der Waals surface area (Å²) in [5, 5.41) is 12.2. The van der Waals surface area contributed by atoms with Gasteiger partial charge >= 0.3 is 0 Å². The van der Waals surface area contributed by atoms with Crippen molar-refractivity contribution < 1.29 is 0 Å². The van der Waals surface area contributed by atoms with Crippen molar-refractivity contribution in [3.8, 4) is 11.1 Å². The maximum atomic E-state index is 4.70. The van der Waals surface area contributed by atoms with Gasteiger partial charge in [0.1, 0.15) is 5.69 Å². The van der Waals surface area contributed by atoms with Gasteiger partial charge in [-0.05, 0) is 99.2 Å². The number of rotatable bonds is 12. The average Bonchev–Trinajstić information content (AvgIpc) is 3.39. The van der Waals surface area contributed by atoms with E-state index in [1.54, 1.807) is 0 Å². The fourth-order valence-electron chi connectivity index (χ4n) is 5.59.